The molecule has 0 spiro atoms. The Balaban J connectivity index is 1.55. The van der Waals surface area contributed by atoms with Crippen LogP contribution in [0.2, 0.25) is 0 Å². The van der Waals surface area contributed by atoms with Crippen LogP contribution in [0.25, 0.3) is 0 Å². The second kappa shape index (κ2) is 5.99. The lowest BCUT2D eigenvalue weighted by Crippen LogP contribution is -2.56. The molecule has 0 atom stereocenters. The normalized spacial score (nSPS) is 14.2. The minimum Gasteiger partial charge on any atom is -0.487 e. The van der Waals surface area contributed by atoms with Gasteiger partial charge in [0.15, 0.2) is 0 Å². The van der Waals surface area contributed by atoms with E-state index in [-0.39, 0.29) is 23.3 Å². The molecule has 1 fully saturated rings. The molecule has 8 heteroatoms. The first-order valence-electron chi connectivity index (χ1n) is 6.84. The van der Waals surface area contributed by atoms with E-state index < -0.39 is 10.7 Å². The van der Waals surface area contributed by atoms with Crippen LogP contribution in [-0.4, -0.2) is 39.9 Å². The van der Waals surface area contributed by atoms with Gasteiger partial charge in [-0.2, -0.15) is 0 Å². The summed E-state index contributed by atoms with van der Waals surface area (Å²) in [5.74, 6) is -0.365. The highest BCUT2D eigenvalue weighted by atomic mass is 19.1. The topological polar surface area (TPSA) is 85.6 Å². The number of carbonyl (C=O) groups excluding carboxylic acids is 1. The second-order valence-corrected chi connectivity index (χ2v) is 5.09. The lowest BCUT2D eigenvalue weighted by atomic mass is 10.1. The number of likely N-dealkylation sites (tertiary alicyclic amines) is 1. The maximum atomic E-state index is 13.1. The number of amides is 1. The Bertz CT molecular complexity index is 745. The Morgan fingerprint density at radius 1 is 1.30 bits per heavy atom. The van der Waals surface area contributed by atoms with Gasteiger partial charge in [-0.15, -0.1) is 0 Å². The number of nitrogens with zero attached hydrogens (tertiary/aromatic N) is 3. The average molecular weight is 317 g/mol. The monoisotopic (exact) mass is 317 g/mol. The largest absolute Gasteiger partial charge is 0.487 e. The SMILES string of the molecule is O=C(c1cncc(F)c1)N1CC(Oc2ccc([N+](=O)[O-])cc2)C1. The molecule has 7 nitrogen and oxygen atoms in total. The van der Waals surface area contributed by atoms with Crippen molar-refractivity contribution in [1.29, 1.82) is 0 Å². The Kier molecular flexibility index (Phi) is 3.88. The van der Waals surface area contributed by atoms with E-state index in [9.17, 15) is 19.3 Å². The predicted octanol–water partition coefficient (Wildman–Crippen LogP) is 2.03. The summed E-state index contributed by atoms with van der Waals surface area (Å²) in [6.45, 7) is 0.735. The van der Waals surface area contributed by atoms with Gasteiger partial charge in [-0.05, 0) is 18.2 Å². The van der Waals surface area contributed by atoms with Gasteiger partial charge in [0, 0.05) is 18.3 Å². The number of ether oxygens (including phenoxy) is 1. The Hall–Kier alpha value is -3.03. The van der Waals surface area contributed by atoms with Gasteiger partial charge in [0.2, 0.25) is 0 Å². The fraction of sp³-hybridized carbons (Fsp3) is 0.200. The van der Waals surface area contributed by atoms with Crippen molar-refractivity contribution in [3.8, 4) is 5.75 Å². The summed E-state index contributed by atoms with van der Waals surface area (Å²) in [5.41, 5.74) is 0.181. The molecule has 1 aromatic heterocycles. The molecule has 0 aliphatic carbocycles. The maximum Gasteiger partial charge on any atom is 0.269 e. The summed E-state index contributed by atoms with van der Waals surface area (Å²) in [4.78, 5) is 27.3. The molecule has 1 saturated heterocycles. The first-order chi connectivity index (χ1) is 11.0. The van der Waals surface area contributed by atoms with Crippen LogP contribution in [0, 0.1) is 15.9 Å². The first kappa shape index (κ1) is 14.9. The van der Waals surface area contributed by atoms with Gasteiger partial charge in [0.1, 0.15) is 17.7 Å². The molecule has 23 heavy (non-hydrogen) atoms. The maximum absolute atomic E-state index is 13.1. The van der Waals surface area contributed by atoms with E-state index in [1.54, 1.807) is 0 Å². The van der Waals surface area contributed by atoms with Gasteiger partial charge < -0.3 is 9.64 Å². The first-order valence-corrected chi connectivity index (χ1v) is 6.84. The van der Waals surface area contributed by atoms with Crippen LogP contribution in [0.15, 0.2) is 42.7 Å². The van der Waals surface area contributed by atoms with Crippen molar-refractivity contribution in [3.05, 3.63) is 64.2 Å². The van der Waals surface area contributed by atoms with Gasteiger partial charge in [-0.1, -0.05) is 0 Å². The van der Waals surface area contributed by atoms with E-state index in [4.69, 9.17) is 4.74 Å². The van der Waals surface area contributed by atoms with Crippen molar-refractivity contribution in [2.45, 2.75) is 6.10 Å². The van der Waals surface area contributed by atoms with Crippen LogP contribution >= 0.6 is 0 Å². The number of nitro benzene ring substituents is 1. The molecule has 0 radical (unpaired) electrons. The standard InChI is InChI=1S/C15H12FN3O4/c16-11-5-10(6-17-7-11)15(20)18-8-14(9-18)23-13-3-1-12(2-4-13)19(21)22/h1-7,14H,8-9H2. The smallest absolute Gasteiger partial charge is 0.269 e. The number of pyridine rings is 1. The highest BCUT2D eigenvalue weighted by Crippen LogP contribution is 2.22. The average Bonchev–Trinajstić information content (AvgIpc) is 2.50. The number of hydrogen-bond acceptors (Lipinski definition) is 5. The zero-order valence-electron chi connectivity index (χ0n) is 11.9. The molecule has 118 valence electrons. The number of rotatable bonds is 4. The molecule has 1 aliphatic heterocycles. The number of nitro groups is 1. The number of non-ortho nitro benzene ring substituents is 1. The zero-order chi connectivity index (χ0) is 16.4. The Morgan fingerprint density at radius 2 is 2.00 bits per heavy atom. The molecule has 1 amide bonds. The van der Waals surface area contributed by atoms with E-state index in [1.165, 1.54) is 35.4 Å². The van der Waals surface area contributed by atoms with E-state index >= 15 is 0 Å². The number of carbonyl (C=O) groups is 1. The fourth-order valence-electron chi connectivity index (χ4n) is 2.23. The van der Waals surface area contributed by atoms with Crippen molar-refractivity contribution in [3.63, 3.8) is 0 Å². The van der Waals surface area contributed by atoms with Gasteiger partial charge in [-0.25, -0.2) is 4.39 Å². The molecule has 0 N–H and O–H groups in total. The fourth-order valence-corrected chi connectivity index (χ4v) is 2.23. The van der Waals surface area contributed by atoms with Crippen molar-refractivity contribution in [1.82, 2.24) is 9.88 Å². The summed E-state index contributed by atoms with van der Waals surface area (Å²) in [7, 11) is 0. The van der Waals surface area contributed by atoms with Gasteiger partial charge in [0.05, 0.1) is 29.8 Å². The number of halogens is 1. The van der Waals surface area contributed by atoms with Crippen LogP contribution in [0.4, 0.5) is 10.1 Å². The van der Waals surface area contributed by atoms with Crippen molar-refractivity contribution < 1.29 is 18.8 Å². The van der Waals surface area contributed by atoms with Gasteiger partial charge in [0.25, 0.3) is 11.6 Å². The Labute approximate surface area is 130 Å². The number of hydrogen-bond donors (Lipinski definition) is 0. The lowest BCUT2D eigenvalue weighted by Gasteiger charge is -2.38. The van der Waals surface area contributed by atoms with Gasteiger partial charge >= 0.3 is 0 Å². The van der Waals surface area contributed by atoms with Crippen molar-refractivity contribution in [2.24, 2.45) is 0 Å². The van der Waals surface area contributed by atoms with Crippen LogP contribution in [-0.2, 0) is 0 Å². The molecule has 0 bridgehead atoms. The van der Waals surface area contributed by atoms with Crippen LogP contribution in [0.3, 0.4) is 0 Å². The second-order valence-electron chi connectivity index (χ2n) is 5.09. The van der Waals surface area contributed by atoms with Crippen LogP contribution in [0.5, 0.6) is 5.75 Å². The van der Waals surface area contributed by atoms with Crippen LogP contribution < -0.4 is 4.74 Å². The summed E-state index contributed by atoms with van der Waals surface area (Å²) < 4.78 is 18.7. The third kappa shape index (κ3) is 3.25. The summed E-state index contributed by atoms with van der Waals surface area (Å²) in [6, 6.07) is 6.88. The number of aromatic nitrogens is 1. The van der Waals surface area contributed by atoms with Crippen LogP contribution in [0.1, 0.15) is 10.4 Å². The van der Waals surface area contributed by atoms with Crippen molar-refractivity contribution in [2.75, 3.05) is 13.1 Å². The molecule has 2 aromatic rings. The molecule has 2 heterocycles. The quantitative estimate of drug-likeness (QED) is 0.636. The minimum atomic E-state index is -0.560. The minimum absolute atomic E-state index is 0.0126. The summed E-state index contributed by atoms with van der Waals surface area (Å²) >= 11 is 0. The summed E-state index contributed by atoms with van der Waals surface area (Å²) in [5, 5.41) is 10.6. The third-order valence-electron chi connectivity index (χ3n) is 3.44. The van der Waals surface area contributed by atoms with E-state index in [2.05, 4.69) is 4.98 Å². The van der Waals surface area contributed by atoms with Gasteiger partial charge in [-0.3, -0.25) is 19.9 Å². The molecule has 3 rings (SSSR count). The number of benzene rings is 1. The molecule has 0 unspecified atom stereocenters. The lowest BCUT2D eigenvalue weighted by molar-refractivity contribution is -0.384. The zero-order valence-corrected chi connectivity index (χ0v) is 11.9. The third-order valence-corrected chi connectivity index (χ3v) is 3.44. The van der Waals surface area contributed by atoms with E-state index in [0.29, 0.717) is 18.8 Å². The summed E-state index contributed by atoms with van der Waals surface area (Å²) in [6.07, 6.45) is 2.16. The van der Waals surface area contributed by atoms with E-state index in [0.717, 1.165) is 12.3 Å². The molecule has 1 aromatic carbocycles. The van der Waals surface area contributed by atoms with Crippen molar-refractivity contribution >= 4 is 11.6 Å². The highest BCUT2D eigenvalue weighted by Gasteiger charge is 2.33. The molecular formula is C15H12FN3O4. The highest BCUT2D eigenvalue weighted by molar-refractivity contribution is 5.94. The molecule has 0 saturated carbocycles. The molecule has 1 aliphatic rings. The Morgan fingerprint density at radius 3 is 2.61 bits per heavy atom. The molecular weight excluding hydrogens is 305 g/mol. The van der Waals surface area contributed by atoms with E-state index in [1.807, 2.05) is 0 Å². The predicted molar refractivity (Wildman–Crippen MR) is 77.6 cm³/mol.